The number of fused-ring (bicyclic) bond motifs is 1. The van der Waals surface area contributed by atoms with E-state index >= 15 is 0 Å². The van der Waals surface area contributed by atoms with E-state index in [0.29, 0.717) is 39.4 Å². The van der Waals surface area contributed by atoms with E-state index in [1.165, 1.54) is 0 Å². The molecule has 0 amide bonds. The predicted molar refractivity (Wildman–Crippen MR) is 135 cm³/mol. The van der Waals surface area contributed by atoms with Crippen molar-refractivity contribution in [1.29, 1.82) is 5.26 Å². The van der Waals surface area contributed by atoms with Gasteiger partial charge in [0.05, 0.1) is 16.3 Å². The summed E-state index contributed by atoms with van der Waals surface area (Å²) in [4.78, 5) is 22.5. The first kappa shape index (κ1) is 28.6. The maximum atomic E-state index is 10.6. The minimum Gasteiger partial charge on any atom is -0.475 e. The van der Waals surface area contributed by atoms with Gasteiger partial charge in [0.25, 0.3) is 0 Å². The van der Waals surface area contributed by atoms with E-state index in [-0.39, 0.29) is 0 Å². The summed E-state index contributed by atoms with van der Waals surface area (Å²) in [5, 5.41) is 25.0. The van der Waals surface area contributed by atoms with Crippen LogP contribution in [0.3, 0.4) is 0 Å². The Bertz CT molecular complexity index is 1470. The van der Waals surface area contributed by atoms with Crippen LogP contribution in [-0.2, 0) is 17.6 Å². The molecule has 0 atom stereocenters. The van der Waals surface area contributed by atoms with Gasteiger partial charge < -0.3 is 10.4 Å². The molecule has 1 aromatic carbocycles. The summed E-state index contributed by atoms with van der Waals surface area (Å²) >= 11 is 12.4. The third-order valence-corrected chi connectivity index (χ3v) is 5.53. The van der Waals surface area contributed by atoms with Crippen LogP contribution in [0.5, 0.6) is 0 Å². The fourth-order valence-corrected chi connectivity index (χ4v) is 3.65. The Morgan fingerprint density at radius 1 is 1.18 bits per heavy atom. The Kier molecular flexibility index (Phi) is 9.44. The number of aliphatic carboxylic acids is 1. The molecule has 0 saturated heterocycles. The summed E-state index contributed by atoms with van der Waals surface area (Å²) in [6.45, 7) is 2.68. The lowest BCUT2D eigenvalue weighted by Gasteiger charge is -2.10. The molecule has 2 N–H and O–H groups in total. The zero-order valence-electron chi connectivity index (χ0n) is 19.8. The fourth-order valence-electron chi connectivity index (χ4n) is 3.14. The summed E-state index contributed by atoms with van der Waals surface area (Å²) in [6.07, 6.45) is -1.15. The van der Waals surface area contributed by atoms with Crippen molar-refractivity contribution in [2.75, 3.05) is 11.9 Å². The minimum absolute atomic E-state index is 0.525. The standard InChI is InChI=1S/C22H19Cl2N7.C2HF3O2/c1-2-20-29-21-11-19(17-8-6-15(23)10-18(17)24)28-22(31(21)30-20)26-9-3-4-16-7-5-14(12-25)13-27-16;3-2(4,5)1(6)7/h5-8,10-11,13H,2-4,9H2,1H3,(H,26,28);(H,6,7). The van der Waals surface area contributed by atoms with E-state index in [2.05, 4.69) is 26.5 Å². The quantitative estimate of drug-likeness (QED) is 0.277. The van der Waals surface area contributed by atoms with Gasteiger partial charge in [0.15, 0.2) is 11.5 Å². The first-order valence-electron chi connectivity index (χ1n) is 11.1. The lowest BCUT2D eigenvalue weighted by atomic mass is 10.1. The predicted octanol–water partition coefficient (Wildman–Crippen LogP) is 5.61. The van der Waals surface area contributed by atoms with Gasteiger partial charge in [-0.25, -0.2) is 14.8 Å². The Morgan fingerprint density at radius 2 is 1.92 bits per heavy atom. The van der Waals surface area contributed by atoms with Crippen LogP contribution in [0.4, 0.5) is 19.1 Å². The zero-order chi connectivity index (χ0) is 27.9. The van der Waals surface area contributed by atoms with E-state index in [1.54, 1.807) is 28.9 Å². The number of anilines is 1. The number of nitrogens with one attached hydrogen (secondary N) is 1. The summed E-state index contributed by atoms with van der Waals surface area (Å²) in [5.41, 5.74) is 3.67. The number of pyridine rings is 1. The number of aryl methyl sites for hydroxylation is 2. The van der Waals surface area contributed by atoms with Crippen LogP contribution in [0, 0.1) is 11.3 Å². The molecule has 3 heterocycles. The monoisotopic (exact) mass is 565 g/mol. The summed E-state index contributed by atoms with van der Waals surface area (Å²) in [6, 6.07) is 12.9. The number of carboxylic acid groups (broad SMARTS) is 1. The number of hydrogen-bond acceptors (Lipinski definition) is 7. The Labute approximate surface area is 224 Å². The molecule has 0 aliphatic heterocycles. The molecule has 4 rings (SSSR count). The number of carboxylic acids is 1. The van der Waals surface area contributed by atoms with Gasteiger partial charge in [-0.2, -0.15) is 22.9 Å². The van der Waals surface area contributed by atoms with Crippen molar-refractivity contribution in [3.8, 4) is 17.3 Å². The van der Waals surface area contributed by atoms with E-state index in [0.717, 1.165) is 36.3 Å². The molecule has 0 saturated carbocycles. The van der Waals surface area contributed by atoms with Gasteiger partial charge in [-0.1, -0.05) is 30.1 Å². The average molecular weight is 566 g/mol. The molecule has 0 spiro atoms. The van der Waals surface area contributed by atoms with Gasteiger partial charge in [-0.15, -0.1) is 5.10 Å². The van der Waals surface area contributed by atoms with Gasteiger partial charge in [0.2, 0.25) is 5.95 Å². The molecule has 0 aliphatic carbocycles. The van der Waals surface area contributed by atoms with Gasteiger partial charge in [-0.3, -0.25) is 4.98 Å². The van der Waals surface area contributed by atoms with Gasteiger partial charge >= 0.3 is 12.1 Å². The second-order valence-corrected chi connectivity index (χ2v) is 8.57. The molecular weight excluding hydrogens is 546 g/mol. The molecule has 14 heteroatoms. The lowest BCUT2D eigenvalue weighted by Crippen LogP contribution is -2.21. The third-order valence-electron chi connectivity index (χ3n) is 4.98. The highest BCUT2D eigenvalue weighted by Crippen LogP contribution is 2.30. The first-order chi connectivity index (χ1) is 18.0. The maximum Gasteiger partial charge on any atom is 0.490 e. The number of hydrogen-bond donors (Lipinski definition) is 2. The molecule has 0 radical (unpaired) electrons. The van der Waals surface area contributed by atoms with Crippen molar-refractivity contribution in [2.45, 2.75) is 32.4 Å². The van der Waals surface area contributed by atoms with Crippen LogP contribution in [0.2, 0.25) is 10.0 Å². The average Bonchev–Trinajstić information content (AvgIpc) is 3.30. The number of nitriles is 1. The highest BCUT2D eigenvalue weighted by atomic mass is 35.5. The fraction of sp³-hybridized carbons (Fsp3) is 0.250. The molecule has 4 aromatic rings. The zero-order valence-corrected chi connectivity index (χ0v) is 21.3. The Morgan fingerprint density at radius 3 is 2.50 bits per heavy atom. The number of benzene rings is 1. The molecule has 0 unspecified atom stereocenters. The summed E-state index contributed by atoms with van der Waals surface area (Å²) in [5.74, 6) is -1.42. The van der Waals surface area contributed by atoms with Crippen molar-refractivity contribution >= 4 is 40.8 Å². The van der Waals surface area contributed by atoms with Crippen LogP contribution in [-0.4, -0.2) is 48.4 Å². The van der Waals surface area contributed by atoms with Gasteiger partial charge in [0.1, 0.15) is 6.07 Å². The normalized spacial score (nSPS) is 11.0. The number of halogens is 5. The smallest absolute Gasteiger partial charge is 0.475 e. The van der Waals surface area contributed by atoms with Crippen molar-refractivity contribution in [3.05, 3.63) is 69.7 Å². The molecule has 0 aliphatic rings. The molecule has 198 valence electrons. The van der Waals surface area contributed by atoms with Gasteiger partial charge in [0, 0.05) is 41.5 Å². The number of aromatic nitrogens is 5. The largest absolute Gasteiger partial charge is 0.490 e. The third kappa shape index (κ3) is 7.53. The minimum atomic E-state index is -5.08. The van der Waals surface area contributed by atoms with E-state index in [1.807, 2.05) is 25.1 Å². The number of alkyl halides is 3. The summed E-state index contributed by atoms with van der Waals surface area (Å²) in [7, 11) is 0. The van der Waals surface area contributed by atoms with Crippen LogP contribution in [0.25, 0.3) is 16.9 Å². The molecule has 38 heavy (non-hydrogen) atoms. The van der Waals surface area contributed by atoms with Crippen molar-refractivity contribution in [2.24, 2.45) is 0 Å². The first-order valence-corrected chi connectivity index (χ1v) is 11.9. The van der Waals surface area contributed by atoms with Crippen LogP contribution < -0.4 is 5.32 Å². The van der Waals surface area contributed by atoms with Crippen molar-refractivity contribution in [1.82, 2.24) is 24.6 Å². The van der Waals surface area contributed by atoms with Gasteiger partial charge in [-0.05, 0) is 43.2 Å². The van der Waals surface area contributed by atoms with E-state index < -0.39 is 12.1 Å². The Balaban J connectivity index is 0.000000505. The van der Waals surface area contributed by atoms with Crippen molar-refractivity contribution in [3.63, 3.8) is 0 Å². The molecule has 0 bridgehead atoms. The molecular formula is C24H20Cl2F3N7O2. The van der Waals surface area contributed by atoms with Crippen molar-refractivity contribution < 1.29 is 23.1 Å². The maximum absolute atomic E-state index is 10.6. The summed E-state index contributed by atoms with van der Waals surface area (Å²) < 4.78 is 33.5. The lowest BCUT2D eigenvalue weighted by molar-refractivity contribution is -0.192. The van der Waals surface area contributed by atoms with Crippen LogP contribution in [0.15, 0.2) is 42.6 Å². The topological polar surface area (TPSA) is 129 Å². The van der Waals surface area contributed by atoms with Crippen LogP contribution in [0.1, 0.15) is 30.4 Å². The van der Waals surface area contributed by atoms with Crippen LogP contribution >= 0.6 is 23.2 Å². The van der Waals surface area contributed by atoms with E-state index in [4.69, 9.17) is 43.3 Å². The SMILES string of the molecule is CCc1nc2cc(-c3ccc(Cl)cc3Cl)nc(NCCCc3ccc(C#N)cn3)n2n1.O=C(O)C(F)(F)F. The molecule has 0 fully saturated rings. The number of rotatable bonds is 7. The second-order valence-electron chi connectivity index (χ2n) is 7.72. The Hall–Kier alpha value is -3.95. The molecule has 3 aromatic heterocycles. The number of nitrogens with zero attached hydrogens (tertiary/aromatic N) is 6. The second kappa shape index (κ2) is 12.5. The highest BCUT2D eigenvalue weighted by Gasteiger charge is 2.38. The number of carbonyl (C=O) groups is 1. The highest BCUT2D eigenvalue weighted by molar-refractivity contribution is 6.36. The molecule has 9 nitrogen and oxygen atoms in total. The van der Waals surface area contributed by atoms with E-state index in [9.17, 15) is 13.2 Å².